The summed E-state index contributed by atoms with van der Waals surface area (Å²) in [5, 5.41) is 10.2. The van der Waals surface area contributed by atoms with Gasteiger partial charge in [0, 0.05) is 0 Å². The van der Waals surface area contributed by atoms with Gasteiger partial charge in [0.1, 0.15) is 0 Å². The van der Waals surface area contributed by atoms with Gasteiger partial charge in [0.05, 0.1) is 0 Å². The molecule has 0 aromatic heterocycles. The zero-order chi connectivity index (χ0) is 38.8. The van der Waals surface area contributed by atoms with Gasteiger partial charge in [-0.25, -0.2) is 0 Å². The highest BCUT2D eigenvalue weighted by Crippen LogP contribution is 2.46. The van der Waals surface area contributed by atoms with Crippen LogP contribution in [0.4, 0.5) is 0 Å². The number of allylic oxidation sites excluding steroid dienone is 4. The molecule has 0 aliphatic carbocycles. The van der Waals surface area contributed by atoms with Crippen molar-refractivity contribution in [2.24, 2.45) is 5.92 Å². The van der Waals surface area contributed by atoms with E-state index in [0.29, 0.717) is 0 Å². The number of hydrogen-bond donors (Lipinski definition) is 0. The molecule has 0 fully saturated rings. The van der Waals surface area contributed by atoms with Gasteiger partial charge in [-0.2, -0.15) is 0 Å². The van der Waals surface area contributed by atoms with Crippen LogP contribution in [-0.4, -0.2) is 0 Å². The fourth-order valence-electron chi connectivity index (χ4n) is 7.93. The summed E-state index contributed by atoms with van der Waals surface area (Å²) in [4.78, 5) is 0. The quantitative estimate of drug-likeness (QED) is 0.0638. The molecule has 0 bridgehead atoms. The summed E-state index contributed by atoms with van der Waals surface area (Å²) < 4.78 is 0. The van der Waals surface area contributed by atoms with Gasteiger partial charge < -0.3 is 0 Å². The summed E-state index contributed by atoms with van der Waals surface area (Å²) in [6, 6.07) is 26.4. The largest absolute Gasteiger partial charge is 0.0955 e. The van der Waals surface area contributed by atoms with Crippen LogP contribution in [0.15, 0.2) is 99.1 Å². The molecule has 0 N–H and O–H groups in total. The van der Waals surface area contributed by atoms with Crippen LogP contribution < -0.4 is 0 Å². The Morgan fingerprint density at radius 1 is 0.453 bits per heavy atom. The molecule has 0 heterocycles. The van der Waals surface area contributed by atoms with Crippen molar-refractivity contribution < 1.29 is 0 Å². The van der Waals surface area contributed by atoms with E-state index in [1.165, 1.54) is 134 Å². The van der Waals surface area contributed by atoms with Gasteiger partial charge in [-0.15, -0.1) is 0 Å². The molecule has 278 valence electrons. The summed E-state index contributed by atoms with van der Waals surface area (Å²) in [5.41, 5.74) is 11.7. The summed E-state index contributed by atoms with van der Waals surface area (Å²) in [7, 11) is 0. The molecule has 0 heteroatoms. The van der Waals surface area contributed by atoms with Gasteiger partial charge in [0.15, 0.2) is 0 Å². The molecule has 6 aromatic rings. The number of unbranched alkanes of at least 4 members (excludes halogenated alkanes) is 5. The van der Waals surface area contributed by atoms with E-state index < -0.39 is 0 Å². The summed E-state index contributed by atoms with van der Waals surface area (Å²) >= 11 is 0. The number of fused-ring (bicyclic) bond motifs is 2. The predicted molar refractivity (Wildman–Crippen MR) is 244 cm³/mol. The van der Waals surface area contributed by atoms with Gasteiger partial charge in [0.25, 0.3) is 0 Å². The first-order chi connectivity index (χ1) is 25.3. The number of rotatable bonds is 13. The topological polar surface area (TPSA) is 0 Å². The normalized spacial score (nSPS) is 11.6. The maximum Gasteiger partial charge on any atom is -0.00141 e. The minimum absolute atomic E-state index is 0.975. The smallest absolute Gasteiger partial charge is 0.00141 e. The Hall–Kier alpha value is -4.42. The molecule has 0 aliphatic heterocycles. The number of aryl methyl sites for hydroxylation is 2. The van der Waals surface area contributed by atoms with Crippen molar-refractivity contribution in [3.05, 3.63) is 132 Å². The summed E-state index contributed by atoms with van der Waals surface area (Å²) in [6.07, 6.45) is 12.9. The van der Waals surface area contributed by atoms with Gasteiger partial charge in [0.2, 0.25) is 0 Å². The predicted octanol–water partition coefficient (Wildman–Crippen LogP) is 17.3. The van der Waals surface area contributed by atoms with Crippen molar-refractivity contribution in [2.45, 2.75) is 120 Å². The molecule has 0 saturated carbocycles. The van der Waals surface area contributed by atoms with E-state index in [0.717, 1.165) is 28.2 Å². The lowest BCUT2D eigenvalue weighted by Crippen LogP contribution is -1.96. The number of hydrogen-bond acceptors (Lipinski definition) is 0. The first-order valence-corrected chi connectivity index (χ1v) is 20.2. The third-order valence-electron chi connectivity index (χ3n) is 10.8. The Balaban J connectivity index is 0.000000246. The lowest BCUT2D eigenvalue weighted by atomic mass is 9.82. The lowest BCUT2D eigenvalue weighted by molar-refractivity contribution is 0.439. The molecular weight excluding hydrogens is 637 g/mol. The standard InChI is InChI=1S/C32H28.C13H28.C8H10/c1-17(2)21-9-13-25-27-15-11-23(19(5)6)30-24(20(7)8)12-16-28(32(27)30)26-14-10-22(18(3)4)29(21)31(25)26;1-4-6-8-10-12-13(3)11-9-7-5-2;1-7-4-3-5-8(2)6-7/h9-16H,1,3,5,7H2,2,4,6,8H3;13H,4-12H2,1-3H3;3-6H,1-2H3. The van der Waals surface area contributed by atoms with Crippen molar-refractivity contribution in [3.63, 3.8) is 0 Å². The first-order valence-electron chi connectivity index (χ1n) is 20.2. The Morgan fingerprint density at radius 2 is 0.774 bits per heavy atom. The third kappa shape index (κ3) is 9.77. The Labute approximate surface area is 322 Å². The molecule has 0 saturated heterocycles. The molecule has 53 heavy (non-hydrogen) atoms. The molecule has 0 spiro atoms. The van der Waals surface area contributed by atoms with E-state index >= 15 is 0 Å². The Kier molecular flexibility index (Phi) is 14.9. The van der Waals surface area contributed by atoms with Crippen molar-refractivity contribution >= 4 is 65.4 Å². The summed E-state index contributed by atoms with van der Waals surface area (Å²) in [6.45, 7) is 36.6. The SMILES string of the molecule is C=C(C)c1ccc2c3ccc(C(=C)C)c4c(C(=C)C)ccc(c5ccc(C(=C)C)c1c25)c43.CCCCCCC(C)CCCCC.Cc1cccc(C)c1. The van der Waals surface area contributed by atoms with Crippen molar-refractivity contribution in [1.82, 2.24) is 0 Å². The molecule has 0 radical (unpaired) electrons. The van der Waals surface area contributed by atoms with Crippen LogP contribution in [0.5, 0.6) is 0 Å². The lowest BCUT2D eigenvalue weighted by Gasteiger charge is -2.21. The van der Waals surface area contributed by atoms with E-state index in [4.69, 9.17) is 0 Å². The highest BCUT2D eigenvalue weighted by atomic mass is 14.2. The molecular formula is C53H66. The van der Waals surface area contributed by atoms with Crippen LogP contribution >= 0.6 is 0 Å². The van der Waals surface area contributed by atoms with Crippen LogP contribution in [0.25, 0.3) is 65.4 Å². The highest BCUT2D eigenvalue weighted by Gasteiger charge is 2.20. The van der Waals surface area contributed by atoms with Gasteiger partial charge in [-0.3, -0.25) is 0 Å². The number of benzene rings is 6. The molecule has 0 nitrogen and oxygen atoms in total. The average Bonchev–Trinajstić information content (AvgIpc) is 3.11. The minimum Gasteiger partial charge on any atom is -0.0955 e. The zero-order valence-corrected chi connectivity index (χ0v) is 34.7. The van der Waals surface area contributed by atoms with Crippen LogP contribution in [0.2, 0.25) is 0 Å². The highest BCUT2D eigenvalue weighted by molar-refractivity contribution is 6.35. The van der Waals surface area contributed by atoms with Gasteiger partial charge >= 0.3 is 0 Å². The van der Waals surface area contributed by atoms with Crippen molar-refractivity contribution in [3.8, 4) is 0 Å². The molecule has 6 aromatic carbocycles. The van der Waals surface area contributed by atoms with E-state index in [-0.39, 0.29) is 0 Å². The van der Waals surface area contributed by atoms with Crippen LogP contribution in [0, 0.1) is 19.8 Å². The van der Waals surface area contributed by atoms with E-state index in [9.17, 15) is 0 Å². The monoisotopic (exact) mass is 703 g/mol. The zero-order valence-electron chi connectivity index (χ0n) is 34.7. The van der Waals surface area contributed by atoms with Gasteiger partial charge in [-0.05, 0) is 113 Å². The molecule has 1 atom stereocenters. The van der Waals surface area contributed by atoms with Crippen molar-refractivity contribution in [1.29, 1.82) is 0 Å². The Bertz CT molecular complexity index is 1960. The molecule has 6 rings (SSSR count). The second-order valence-electron chi connectivity index (χ2n) is 15.9. The maximum atomic E-state index is 4.28. The van der Waals surface area contributed by atoms with E-state index in [1.54, 1.807) is 0 Å². The molecule has 1 unspecified atom stereocenters. The van der Waals surface area contributed by atoms with Crippen LogP contribution in [-0.2, 0) is 0 Å². The fourth-order valence-corrected chi connectivity index (χ4v) is 7.93. The maximum absolute atomic E-state index is 4.28. The van der Waals surface area contributed by atoms with Crippen LogP contribution in [0.3, 0.4) is 0 Å². The van der Waals surface area contributed by atoms with Gasteiger partial charge in [-0.1, -0.05) is 211 Å². The van der Waals surface area contributed by atoms with E-state index in [1.807, 2.05) is 0 Å². The fraction of sp³-hybridized carbons (Fsp3) is 0.358. The van der Waals surface area contributed by atoms with Crippen LogP contribution in [0.1, 0.15) is 140 Å². The third-order valence-corrected chi connectivity index (χ3v) is 10.8. The average molecular weight is 703 g/mol. The molecule has 0 amide bonds. The molecule has 0 aliphatic rings. The second kappa shape index (κ2) is 19.1. The first kappa shape index (κ1) is 41.3. The minimum atomic E-state index is 0.975. The summed E-state index contributed by atoms with van der Waals surface area (Å²) in [5.74, 6) is 0.975. The second-order valence-corrected chi connectivity index (χ2v) is 15.9. The van der Waals surface area contributed by atoms with Crippen molar-refractivity contribution in [2.75, 3.05) is 0 Å². The Morgan fingerprint density at radius 3 is 1.06 bits per heavy atom. The van der Waals surface area contributed by atoms with E-state index in [2.05, 4.69) is 161 Å².